The number of nitrogens with one attached hydrogen (secondary N) is 1. The summed E-state index contributed by atoms with van der Waals surface area (Å²) in [6, 6.07) is 7.31. The van der Waals surface area contributed by atoms with Crippen LogP contribution in [-0.4, -0.2) is 20.4 Å². The molecule has 7 heteroatoms. The largest absolute Gasteiger partial charge is 0.300 e. The first-order valence-electron chi connectivity index (χ1n) is 9.37. The van der Waals surface area contributed by atoms with E-state index in [4.69, 9.17) is 0 Å². The summed E-state index contributed by atoms with van der Waals surface area (Å²) in [4.78, 5) is 34.7. The van der Waals surface area contributed by atoms with Crippen LogP contribution in [0, 0.1) is 5.92 Å². The number of para-hydroxylation sites is 2. The van der Waals surface area contributed by atoms with Gasteiger partial charge in [-0.1, -0.05) is 31.9 Å². The van der Waals surface area contributed by atoms with Crippen molar-refractivity contribution in [1.29, 1.82) is 0 Å². The summed E-state index contributed by atoms with van der Waals surface area (Å²) in [5, 5.41) is 3.51. The molecule has 0 spiro atoms. The van der Waals surface area contributed by atoms with Gasteiger partial charge in [0, 0.05) is 4.88 Å². The minimum absolute atomic E-state index is 0.0510. The molecule has 140 valence electrons. The molecule has 0 fully saturated rings. The third kappa shape index (κ3) is 3.78. The van der Waals surface area contributed by atoms with Gasteiger partial charge in [0.05, 0.1) is 22.9 Å². The van der Waals surface area contributed by atoms with E-state index in [0.717, 1.165) is 24.5 Å². The number of aromatic nitrogens is 3. The second-order valence-electron chi connectivity index (χ2n) is 7.01. The average Bonchev–Trinajstić information content (AvgIpc) is 3.06. The summed E-state index contributed by atoms with van der Waals surface area (Å²) in [5.41, 5.74) is 2.18. The van der Waals surface area contributed by atoms with Crippen LogP contribution in [0.4, 0.5) is 5.13 Å². The van der Waals surface area contributed by atoms with Crippen molar-refractivity contribution >= 4 is 33.4 Å². The van der Waals surface area contributed by atoms with Crippen LogP contribution < -0.4 is 10.9 Å². The number of amides is 1. The van der Waals surface area contributed by atoms with E-state index in [1.165, 1.54) is 34.9 Å². The summed E-state index contributed by atoms with van der Waals surface area (Å²) in [5.74, 6) is 0.484. The predicted octanol–water partition coefficient (Wildman–Crippen LogP) is 3.40. The number of hydrogen-bond donors (Lipinski definition) is 1. The van der Waals surface area contributed by atoms with Crippen molar-refractivity contribution < 1.29 is 4.79 Å². The van der Waals surface area contributed by atoms with E-state index in [-0.39, 0.29) is 18.0 Å². The van der Waals surface area contributed by atoms with Crippen LogP contribution in [0.25, 0.3) is 11.0 Å². The molecule has 1 aliphatic carbocycles. The highest BCUT2D eigenvalue weighted by atomic mass is 32.1. The molecule has 1 N–H and O–H groups in total. The van der Waals surface area contributed by atoms with Gasteiger partial charge in [-0.3, -0.25) is 14.2 Å². The van der Waals surface area contributed by atoms with Gasteiger partial charge in [-0.05, 0) is 37.3 Å². The Labute approximate surface area is 161 Å². The fourth-order valence-corrected chi connectivity index (χ4v) is 4.87. The molecule has 4 rings (SSSR count). The SMILES string of the molecule is CCCC1CCc2nc(NC(=O)Cn3c(=O)cnc4ccccc43)sc2C1. The predicted molar refractivity (Wildman–Crippen MR) is 107 cm³/mol. The lowest BCUT2D eigenvalue weighted by Gasteiger charge is -2.19. The molecule has 0 bridgehead atoms. The van der Waals surface area contributed by atoms with Crippen LogP contribution in [-0.2, 0) is 24.2 Å². The highest BCUT2D eigenvalue weighted by molar-refractivity contribution is 7.15. The number of thiazole rings is 1. The molecular formula is C20H22N4O2S. The number of fused-ring (bicyclic) bond motifs is 2. The Kier molecular flexibility index (Phi) is 5.03. The summed E-state index contributed by atoms with van der Waals surface area (Å²) in [6.07, 6.45) is 6.93. The fourth-order valence-electron chi connectivity index (χ4n) is 3.73. The molecule has 2 heterocycles. The second kappa shape index (κ2) is 7.60. The normalized spacial score (nSPS) is 16.3. The zero-order valence-corrected chi connectivity index (χ0v) is 16.1. The molecule has 2 aromatic heterocycles. The number of anilines is 1. The summed E-state index contributed by atoms with van der Waals surface area (Å²) >= 11 is 1.57. The van der Waals surface area contributed by atoms with Crippen molar-refractivity contribution in [2.75, 3.05) is 5.32 Å². The molecule has 6 nitrogen and oxygen atoms in total. The lowest BCUT2D eigenvalue weighted by molar-refractivity contribution is -0.116. The minimum atomic E-state index is -0.287. The van der Waals surface area contributed by atoms with Crippen molar-refractivity contribution in [3.05, 3.63) is 51.4 Å². The lowest BCUT2D eigenvalue weighted by atomic mass is 9.88. The smallest absolute Gasteiger partial charge is 0.269 e. The van der Waals surface area contributed by atoms with E-state index in [1.807, 2.05) is 18.2 Å². The Hall–Kier alpha value is -2.54. The van der Waals surface area contributed by atoms with Crippen LogP contribution >= 0.6 is 11.3 Å². The first-order valence-corrected chi connectivity index (χ1v) is 10.2. The van der Waals surface area contributed by atoms with Crippen molar-refractivity contribution in [1.82, 2.24) is 14.5 Å². The topological polar surface area (TPSA) is 76.9 Å². The van der Waals surface area contributed by atoms with Crippen LogP contribution in [0.15, 0.2) is 35.3 Å². The molecule has 27 heavy (non-hydrogen) atoms. The van der Waals surface area contributed by atoms with E-state index >= 15 is 0 Å². The first-order chi connectivity index (χ1) is 13.1. The zero-order chi connectivity index (χ0) is 18.8. The Morgan fingerprint density at radius 3 is 3.07 bits per heavy atom. The van der Waals surface area contributed by atoms with E-state index in [9.17, 15) is 9.59 Å². The fraction of sp³-hybridized carbons (Fsp3) is 0.400. The zero-order valence-electron chi connectivity index (χ0n) is 15.3. The number of carbonyl (C=O) groups excluding carboxylic acids is 1. The second-order valence-corrected chi connectivity index (χ2v) is 8.09. The van der Waals surface area contributed by atoms with Crippen LogP contribution in [0.2, 0.25) is 0 Å². The number of rotatable bonds is 5. The third-order valence-electron chi connectivity index (χ3n) is 5.04. The van der Waals surface area contributed by atoms with Gasteiger partial charge in [-0.25, -0.2) is 9.97 Å². The summed E-state index contributed by atoms with van der Waals surface area (Å²) < 4.78 is 1.45. The third-order valence-corrected chi connectivity index (χ3v) is 6.07. The number of aryl methyl sites for hydroxylation is 1. The van der Waals surface area contributed by atoms with E-state index in [2.05, 4.69) is 22.2 Å². The monoisotopic (exact) mass is 382 g/mol. The van der Waals surface area contributed by atoms with Gasteiger partial charge in [0.25, 0.3) is 5.56 Å². The van der Waals surface area contributed by atoms with Crippen LogP contribution in [0.1, 0.15) is 36.8 Å². The average molecular weight is 382 g/mol. The van der Waals surface area contributed by atoms with Crippen molar-refractivity contribution in [3.63, 3.8) is 0 Å². The molecule has 1 atom stereocenters. The van der Waals surface area contributed by atoms with Crippen LogP contribution in [0.5, 0.6) is 0 Å². The van der Waals surface area contributed by atoms with Gasteiger partial charge in [0.15, 0.2) is 5.13 Å². The van der Waals surface area contributed by atoms with Gasteiger partial charge in [-0.2, -0.15) is 0 Å². The maximum absolute atomic E-state index is 12.5. The quantitative estimate of drug-likeness (QED) is 0.734. The molecule has 1 aliphatic rings. The summed E-state index contributed by atoms with van der Waals surface area (Å²) in [6.45, 7) is 2.17. The molecule has 1 aromatic carbocycles. The molecular weight excluding hydrogens is 360 g/mol. The Morgan fingerprint density at radius 1 is 1.37 bits per heavy atom. The van der Waals surface area contributed by atoms with Gasteiger partial charge < -0.3 is 5.32 Å². The maximum atomic E-state index is 12.5. The molecule has 0 aliphatic heterocycles. The van der Waals surface area contributed by atoms with E-state index in [0.29, 0.717) is 16.2 Å². The van der Waals surface area contributed by atoms with Gasteiger partial charge in [0.2, 0.25) is 5.91 Å². The number of benzene rings is 1. The van der Waals surface area contributed by atoms with Crippen molar-refractivity contribution in [3.8, 4) is 0 Å². The van der Waals surface area contributed by atoms with Crippen molar-refractivity contribution in [2.45, 2.75) is 45.6 Å². The lowest BCUT2D eigenvalue weighted by Crippen LogP contribution is -2.27. The Morgan fingerprint density at radius 2 is 2.22 bits per heavy atom. The minimum Gasteiger partial charge on any atom is -0.300 e. The first kappa shape index (κ1) is 17.9. The molecule has 0 saturated carbocycles. The Balaban J connectivity index is 1.50. The highest BCUT2D eigenvalue weighted by Crippen LogP contribution is 2.34. The van der Waals surface area contributed by atoms with E-state index in [1.54, 1.807) is 17.4 Å². The molecule has 3 aromatic rings. The van der Waals surface area contributed by atoms with Gasteiger partial charge in [-0.15, -0.1) is 11.3 Å². The molecule has 0 radical (unpaired) electrons. The molecule has 1 unspecified atom stereocenters. The molecule has 0 saturated heterocycles. The van der Waals surface area contributed by atoms with Gasteiger partial charge in [0.1, 0.15) is 6.54 Å². The van der Waals surface area contributed by atoms with Crippen LogP contribution in [0.3, 0.4) is 0 Å². The molecule has 1 amide bonds. The standard InChI is InChI=1S/C20H22N4O2S/c1-2-5-13-8-9-15-17(10-13)27-20(22-15)23-18(25)12-24-16-7-4-3-6-14(16)21-11-19(24)26/h3-4,6-7,11,13H,2,5,8-10,12H2,1H3,(H,22,23,25). The number of hydrogen-bond acceptors (Lipinski definition) is 5. The highest BCUT2D eigenvalue weighted by Gasteiger charge is 2.22. The Bertz CT molecular complexity index is 1040. The number of carbonyl (C=O) groups is 1. The van der Waals surface area contributed by atoms with Crippen molar-refractivity contribution in [2.24, 2.45) is 5.92 Å². The maximum Gasteiger partial charge on any atom is 0.269 e. The summed E-state index contributed by atoms with van der Waals surface area (Å²) in [7, 11) is 0. The van der Waals surface area contributed by atoms with Gasteiger partial charge >= 0.3 is 0 Å². The number of nitrogens with zero attached hydrogens (tertiary/aromatic N) is 3. The van der Waals surface area contributed by atoms with E-state index < -0.39 is 0 Å².